The molecule has 1 aromatic carbocycles. The zero-order chi connectivity index (χ0) is 22.0. The van der Waals surface area contributed by atoms with E-state index in [9.17, 15) is 9.90 Å². The fourth-order valence-electron chi connectivity index (χ4n) is 7.38. The maximum absolute atomic E-state index is 13.9. The summed E-state index contributed by atoms with van der Waals surface area (Å²) in [5.41, 5.74) is 3.59. The van der Waals surface area contributed by atoms with Crippen molar-refractivity contribution in [3.63, 3.8) is 0 Å². The van der Waals surface area contributed by atoms with E-state index < -0.39 is 0 Å². The number of benzene rings is 1. The first kappa shape index (κ1) is 20.7. The lowest BCUT2D eigenvalue weighted by Crippen LogP contribution is -2.56. The van der Waals surface area contributed by atoms with Crippen LogP contribution in [-0.2, 0) is 6.42 Å². The molecule has 2 aromatic rings. The van der Waals surface area contributed by atoms with Gasteiger partial charge in [-0.1, -0.05) is 13.3 Å². The quantitative estimate of drug-likeness (QED) is 0.802. The fraction of sp³-hybridized carbons (Fsp3) is 0.654. The molecule has 6 nitrogen and oxygen atoms in total. The first-order valence-corrected chi connectivity index (χ1v) is 12.6. The summed E-state index contributed by atoms with van der Waals surface area (Å²) < 4.78 is 2.09. The highest BCUT2D eigenvalue weighted by molar-refractivity contribution is 5.97. The Balaban J connectivity index is 1.46. The Labute approximate surface area is 190 Å². The molecule has 1 N–H and O–H groups in total. The zero-order valence-electron chi connectivity index (χ0n) is 19.5. The van der Waals surface area contributed by atoms with Crippen molar-refractivity contribution in [3.8, 4) is 5.75 Å². The Bertz CT molecular complexity index is 1040. The molecule has 5 heterocycles. The summed E-state index contributed by atoms with van der Waals surface area (Å²) in [6, 6.07) is 6.17. The van der Waals surface area contributed by atoms with Crippen molar-refractivity contribution in [2.24, 2.45) is 11.8 Å². The van der Waals surface area contributed by atoms with Gasteiger partial charge in [0.2, 0.25) is 5.91 Å². The molecule has 6 heteroatoms. The molecule has 5 aliphatic rings. The number of fused-ring (bicyclic) bond motifs is 4. The third-order valence-corrected chi connectivity index (χ3v) is 8.86. The molecule has 32 heavy (non-hydrogen) atoms. The number of piperidine rings is 2. The predicted octanol–water partition coefficient (Wildman–Crippen LogP) is 2.99. The van der Waals surface area contributed by atoms with Gasteiger partial charge in [0.15, 0.2) is 0 Å². The maximum Gasteiger partial charge on any atom is 0.245 e. The van der Waals surface area contributed by atoms with Crippen molar-refractivity contribution in [3.05, 3.63) is 29.5 Å². The Morgan fingerprint density at radius 3 is 2.72 bits per heavy atom. The normalized spacial score (nSPS) is 32.8. The Morgan fingerprint density at radius 1 is 1.12 bits per heavy atom. The number of aromatic nitrogens is 1. The van der Waals surface area contributed by atoms with Crippen molar-refractivity contribution in [1.29, 1.82) is 0 Å². The lowest BCUT2D eigenvalue weighted by molar-refractivity contribution is -0.0141. The van der Waals surface area contributed by atoms with Gasteiger partial charge in [0.25, 0.3) is 0 Å². The first-order valence-electron chi connectivity index (χ1n) is 12.6. The van der Waals surface area contributed by atoms with Crippen molar-refractivity contribution >= 4 is 16.8 Å². The van der Waals surface area contributed by atoms with Crippen LogP contribution in [0.2, 0.25) is 0 Å². The third kappa shape index (κ3) is 3.22. The van der Waals surface area contributed by atoms with Crippen molar-refractivity contribution in [2.75, 3.05) is 52.9 Å². The Hall–Kier alpha value is -1.89. The van der Waals surface area contributed by atoms with Crippen LogP contribution < -0.4 is 0 Å². The van der Waals surface area contributed by atoms with Gasteiger partial charge in [-0.15, -0.1) is 0 Å². The maximum atomic E-state index is 13.9. The van der Waals surface area contributed by atoms with E-state index in [2.05, 4.69) is 33.2 Å². The van der Waals surface area contributed by atoms with E-state index in [1.807, 2.05) is 12.1 Å². The van der Waals surface area contributed by atoms with Crippen LogP contribution in [0.5, 0.6) is 5.75 Å². The first-order chi connectivity index (χ1) is 15.5. The molecule has 0 spiro atoms. The smallest absolute Gasteiger partial charge is 0.245 e. The van der Waals surface area contributed by atoms with E-state index in [0.29, 0.717) is 24.3 Å². The molecule has 1 aromatic heterocycles. The third-order valence-electron chi connectivity index (χ3n) is 8.86. The molecular formula is C26H36N4O2. The number of phenolic OH excluding ortho intramolecular Hbond substituents is 1. The summed E-state index contributed by atoms with van der Waals surface area (Å²) in [7, 11) is 2.15. The summed E-state index contributed by atoms with van der Waals surface area (Å²) in [6.45, 7) is 9.05. The standard InChI is InChI=1S/C26H36N4O2/c1-3-18-12-17-13-22-25(18)29(15-17)7-6-20-21-14-19(31)4-5-23(21)30(26(20)22)24(32)16-28-10-8-27(2)9-11-28/h4-5,14,17-18,22,25,31H,3,6-13,15-16H2,1-2H3/t17-,18-,22+,25?/m0/s1. The molecule has 0 amide bonds. The number of nitrogens with zero attached hydrogens (tertiary/aromatic N) is 4. The van der Waals surface area contributed by atoms with Crippen LogP contribution in [0, 0.1) is 11.8 Å². The molecule has 3 saturated heterocycles. The number of phenols is 1. The average molecular weight is 437 g/mol. The van der Waals surface area contributed by atoms with Gasteiger partial charge in [-0.3, -0.25) is 19.2 Å². The predicted molar refractivity (Wildman–Crippen MR) is 126 cm³/mol. The van der Waals surface area contributed by atoms with Crippen molar-refractivity contribution in [2.45, 2.75) is 44.6 Å². The number of carbonyl (C=O) groups excluding carboxylic acids is 1. The molecule has 2 unspecified atom stereocenters. The topological polar surface area (TPSA) is 52.0 Å². The minimum atomic E-state index is 0.203. The van der Waals surface area contributed by atoms with Crippen LogP contribution in [0.4, 0.5) is 0 Å². The van der Waals surface area contributed by atoms with Crippen LogP contribution in [0.1, 0.15) is 48.2 Å². The van der Waals surface area contributed by atoms with Gasteiger partial charge in [0.1, 0.15) is 5.75 Å². The molecule has 4 bridgehead atoms. The minimum absolute atomic E-state index is 0.203. The molecule has 7 rings (SSSR count). The lowest BCUT2D eigenvalue weighted by Gasteiger charge is -2.53. The lowest BCUT2D eigenvalue weighted by atomic mass is 9.65. The number of rotatable bonds is 3. The molecule has 172 valence electrons. The highest BCUT2D eigenvalue weighted by Crippen LogP contribution is 2.52. The van der Waals surface area contributed by atoms with Gasteiger partial charge in [0.05, 0.1) is 12.1 Å². The number of likely N-dealkylation sites (N-methyl/N-ethyl adjacent to an activating group) is 1. The summed E-state index contributed by atoms with van der Waals surface area (Å²) in [6.07, 6.45) is 4.74. The Morgan fingerprint density at radius 2 is 1.94 bits per heavy atom. The molecular weight excluding hydrogens is 400 g/mol. The largest absolute Gasteiger partial charge is 0.508 e. The van der Waals surface area contributed by atoms with Crippen LogP contribution in [0.3, 0.4) is 0 Å². The number of carbonyl (C=O) groups is 1. The van der Waals surface area contributed by atoms with E-state index in [0.717, 1.165) is 61.9 Å². The van der Waals surface area contributed by atoms with E-state index in [1.54, 1.807) is 6.07 Å². The van der Waals surface area contributed by atoms with E-state index in [1.165, 1.54) is 37.1 Å². The molecule has 0 radical (unpaired) electrons. The van der Waals surface area contributed by atoms with E-state index in [-0.39, 0.29) is 5.91 Å². The number of hydrogen-bond acceptors (Lipinski definition) is 5. The molecule has 5 atom stereocenters. The van der Waals surface area contributed by atoms with Gasteiger partial charge >= 0.3 is 0 Å². The Kier molecular flexibility index (Phi) is 5.08. The summed E-state index contributed by atoms with van der Waals surface area (Å²) in [4.78, 5) is 21.3. The highest BCUT2D eigenvalue weighted by Gasteiger charge is 2.49. The van der Waals surface area contributed by atoms with Gasteiger partial charge in [-0.05, 0) is 61.9 Å². The van der Waals surface area contributed by atoms with Crippen molar-refractivity contribution < 1.29 is 9.90 Å². The molecule has 1 saturated carbocycles. The van der Waals surface area contributed by atoms with Crippen LogP contribution in [0.15, 0.2) is 18.2 Å². The number of piperazine rings is 1. The number of aromatic hydroxyl groups is 1. The molecule has 1 aliphatic carbocycles. The van der Waals surface area contributed by atoms with E-state index >= 15 is 0 Å². The highest BCUT2D eigenvalue weighted by atomic mass is 16.3. The second kappa shape index (κ2) is 7.86. The number of hydrogen-bond donors (Lipinski definition) is 1. The van der Waals surface area contributed by atoms with Gasteiger partial charge in [-0.2, -0.15) is 0 Å². The zero-order valence-corrected chi connectivity index (χ0v) is 19.5. The monoisotopic (exact) mass is 436 g/mol. The second-order valence-corrected chi connectivity index (χ2v) is 10.7. The SMILES string of the molecule is CC[C@H]1C[C@H]2C[C@H]3c4c(c5cc(O)ccc5n4C(=O)CN4CCN(C)CC4)CCN(C2)C13. The summed E-state index contributed by atoms with van der Waals surface area (Å²) >= 11 is 0. The molecule has 4 fully saturated rings. The van der Waals surface area contributed by atoms with E-state index in [4.69, 9.17) is 0 Å². The second-order valence-electron chi connectivity index (χ2n) is 10.7. The molecule has 4 aliphatic heterocycles. The average Bonchev–Trinajstić information content (AvgIpc) is 3.06. The summed E-state index contributed by atoms with van der Waals surface area (Å²) in [5.74, 6) is 2.40. The fourth-order valence-corrected chi connectivity index (χ4v) is 7.38. The van der Waals surface area contributed by atoms with Crippen LogP contribution >= 0.6 is 0 Å². The van der Waals surface area contributed by atoms with Gasteiger partial charge < -0.3 is 10.0 Å². The summed E-state index contributed by atoms with van der Waals surface area (Å²) in [5, 5.41) is 11.4. The van der Waals surface area contributed by atoms with Gasteiger partial charge in [-0.25, -0.2) is 0 Å². The minimum Gasteiger partial charge on any atom is -0.508 e. The van der Waals surface area contributed by atoms with Crippen LogP contribution in [0.25, 0.3) is 10.9 Å². The van der Waals surface area contributed by atoms with Crippen LogP contribution in [-0.4, -0.2) is 89.2 Å². The van der Waals surface area contributed by atoms with Crippen molar-refractivity contribution in [1.82, 2.24) is 19.3 Å². The van der Waals surface area contributed by atoms with Gasteiger partial charge in [0, 0.05) is 62.3 Å².